The van der Waals surface area contributed by atoms with E-state index in [9.17, 15) is 14.4 Å². The standard InChI is InChI=1S/C27H35N7O4/c28-31-30-21-16-34(23-22(35)17-38-24(21)23)26(37)27(10-2-1-3-11-27)29-25(36)18-4-6-19(7-5-18)32-12-14-33(15-13-32)20-8-9-20/h4-7,20-21,23-24H,1-3,8-17H2,(H,29,36)/t21-,23+,24+/m0/s1. The summed E-state index contributed by atoms with van der Waals surface area (Å²) in [6, 6.07) is 7.04. The average molecular weight is 522 g/mol. The topological polar surface area (TPSA) is 131 Å². The molecular weight excluding hydrogens is 486 g/mol. The first kappa shape index (κ1) is 25.2. The van der Waals surface area contributed by atoms with Gasteiger partial charge in [-0.25, -0.2) is 0 Å². The maximum absolute atomic E-state index is 14.0. The lowest BCUT2D eigenvalue weighted by Crippen LogP contribution is -2.62. The largest absolute Gasteiger partial charge is 0.369 e. The minimum absolute atomic E-state index is 0.0993. The van der Waals surface area contributed by atoms with E-state index in [1.165, 1.54) is 17.7 Å². The number of anilines is 1. The number of ketones is 1. The van der Waals surface area contributed by atoms with E-state index in [1.807, 2.05) is 24.3 Å². The lowest BCUT2D eigenvalue weighted by molar-refractivity contribution is -0.143. The smallest absolute Gasteiger partial charge is 0.252 e. The van der Waals surface area contributed by atoms with Crippen LogP contribution in [0.4, 0.5) is 5.69 Å². The number of piperazine rings is 1. The highest BCUT2D eigenvalue weighted by Gasteiger charge is 2.56. The number of ether oxygens (including phenoxy) is 1. The summed E-state index contributed by atoms with van der Waals surface area (Å²) in [4.78, 5) is 49.4. The fraction of sp³-hybridized carbons (Fsp3) is 0.667. The van der Waals surface area contributed by atoms with Crippen molar-refractivity contribution in [2.45, 2.75) is 74.7 Å². The third-order valence-corrected chi connectivity index (χ3v) is 8.96. The number of nitrogens with one attached hydrogen (secondary N) is 1. The molecule has 0 radical (unpaired) electrons. The molecule has 2 amide bonds. The van der Waals surface area contributed by atoms with E-state index in [4.69, 9.17) is 10.3 Å². The maximum Gasteiger partial charge on any atom is 0.252 e. The van der Waals surface area contributed by atoms with E-state index in [0.29, 0.717) is 18.4 Å². The monoisotopic (exact) mass is 521 g/mol. The number of Topliss-reactive ketones (excluding diaryl/α,β-unsaturated/α-hetero) is 1. The molecular formula is C27H35N7O4. The van der Waals surface area contributed by atoms with Gasteiger partial charge in [-0.1, -0.05) is 24.4 Å². The number of rotatable bonds is 6. The zero-order valence-corrected chi connectivity index (χ0v) is 21.6. The predicted octanol–water partition coefficient (Wildman–Crippen LogP) is 2.26. The van der Waals surface area contributed by atoms with Gasteiger partial charge in [-0.2, -0.15) is 0 Å². The van der Waals surface area contributed by atoms with E-state index in [-0.39, 0.29) is 30.7 Å². The van der Waals surface area contributed by atoms with Crippen molar-refractivity contribution in [2.24, 2.45) is 5.11 Å². The van der Waals surface area contributed by atoms with E-state index >= 15 is 0 Å². The molecule has 11 heteroatoms. The Balaban J connectivity index is 1.16. The molecule has 0 bridgehead atoms. The number of nitrogens with zero attached hydrogens (tertiary/aromatic N) is 6. The summed E-state index contributed by atoms with van der Waals surface area (Å²) in [6.45, 7) is 4.13. The zero-order chi connectivity index (χ0) is 26.3. The van der Waals surface area contributed by atoms with Crippen LogP contribution in [-0.4, -0.2) is 96.5 Å². The van der Waals surface area contributed by atoms with Crippen LogP contribution in [0.1, 0.15) is 55.3 Å². The first-order valence-corrected chi connectivity index (χ1v) is 13.9. The minimum Gasteiger partial charge on any atom is -0.369 e. The van der Waals surface area contributed by atoms with Gasteiger partial charge in [0.2, 0.25) is 5.91 Å². The second-order valence-electron chi connectivity index (χ2n) is 11.3. The van der Waals surface area contributed by atoms with Crippen LogP contribution in [0.3, 0.4) is 0 Å². The molecule has 0 aromatic heterocycles. The van der Waals surface area contributed by atoms with Gasteiger partial charge in [0.15, 0.2) is 5.78 Å². The van der Waals surface area contributed by atoms with Gasteiger partial charge in [-0.15, -0.1) is 0 Å². The van der Waals surface area contributed by atoms with Crippen LogP contribution in [0, 0.1) is 0 Å². The number of hydrogen-bond donors (Lipinski definition) is 1. The molecule has 0 spiro atoms. The Morgan fingerprint density at radius 1 is 1.05 bits per heavy atom. The highest BCUT2D eigenvalue weighted by Crippen LogP contribution is 2.36. The van der Waals surface area contributed by atoms with Gasteiger partial charge >= 0.3 is 0 Å². The van der Waals surface area contributed by atoms with Crippen molar-refractivity contribution >= 4 is 23.3 Å². The van der Waals surface area contributed by atoms with Crippen LogP contribution in [-0.2, 0) is 14.3 Å². The number of benzene rings is 1. The molecule has 2 aliphatic carbocycles. The summed E-state index contributed by atoms with van der Waals surface area (Å²) in [7, 11) is 0. The average Bonchev–Trinajstić information content (AvgIpc) is 3.64. The second kappa shape index (κ2) is 10.2. The molecule has 11 nitrogen and oxygen atoms in total. The summed E-state index contributed by atoms with van der Waals surface area (Å²) in [6.07, 6.45) is 5.65. The summed E-state index contributed by atoms with van der Waals surface area (Å²) in [5.74, 6) is -0.758. The molecule has 6 rings (SSSR count). The first-order valence-electron chi connectivity index (χ1n) is 13.9. The predicted molar refractivity (Wildman–Crippen MR) is 140 cm³/mol. The third kappa shape index (κ3) is 4.63. The Hall–Kier alpha value is -3.14. The normalized spacial score (nSPS) is 29.1. The van der Waals surface area contributed by atoms with E-state index < -0.39 is 23.7 Å². The van der Waals surface area contributed by atoms with Crippen molar-refractivity contribution in [2.75, 3.05) is 44.2 Å². The van der Waals surface area contributed by atoms with Gasteiger partial charge < -0.3 is 19.9 Å². The Morgan fingerprint density at radius 3 is 2.42 bits per heavy atom. The van der Waals surface area contributed by atoms with Crippen molar-refractivity contribution in [3.63, 3.8) is 0 Å². The van der Waals surface area contributed by atoms with Crippen LogP contribution in [0.15, 0.2) is 29.4 Å². The van der Waals surface area contributed by atoms with Crippen molar-refractivity contribution in [3.8, 4) is 0 Å². The number of azide groups is 1. The van der Waals surface area contributed by atoms with Crippen molar-refractivity contribution in [1.82, 2.24) is 15.1 Å². The second-order valence-corrected chi connectivity index (χ2v) is 11.3. The van der Waals surface area contributed by atoms with Crippen molar-refractivity contribution in [1.29, 1.82) is 0 Å². The van der Waals surface area contributed by atoms with Gasteiger partial charge in [-0.3, -0.25) is 19.3 Å². The van der Waals surface area contributed by atoms with Gasteiger partial charge in [0.25, 0.3) is 5.91 Å². The van der Waals surface area contributed by atoms with E-state index in [0.717, 1.165) is 57.2 Å². The molecule has 3 atom stereocenters. The van der Waals surface area contributed by atoms with Crippen LogP contribution in [0.2, 0.25) is 0 Å². The lowest BCUT2D eigenvalue weighted by Gasteiger charge is -2.40. The van der Waals surface area contributed by atoms with Crippen molar-refractivity contribution in [3.05, 3.63) is 40.3 Å². The Kier molecular flexibility index (Phi) is 6.75. The molecule has 5 aliphatic rings. The summed E-state index contributed by atoms with van der Waals surface area (Å²) in [5, 5.41) is 6.87. The van der Waals surface area contributed by atoms with Gasteiger partial charge in [0.1, 0.15) is 18.2 Å². The molecule has 1 N–H and O–H groups in total. The number of carbonyl (C=O) groups is 3. The molecule has 0 unspecified atom stereocenters. The SMILES string of the molecule is [N-]=[N+]=N[C@H]1CN(C(=O)C2(NC(=O)c3ccc(N4CCN(C5CC5)CC4)cc3)CCCCC2)[C@@H]2C(=O)CO[C@H]12. The van der Waals surface area contributed by atoms with Crippen LogP contribution in [0.5, 0.6) is 0 Å². The van der Waals surface area contributed by atoms with E-state index in [1.54, 1.807) is 0 Å². The van der Waals surface area contributed by atoms with Gasteiger partial charge in [-0.05, 0) is 55.5 Å². The summed E-state index contributed by atoms with van der Waals surface area (Å²) < 4.78 is 5.58. The van der Waals surface area contributed by atoms with Crippen LogP contribution in [0.25, 0.3) is 10.4 Å². The molecule has 1 aromatic rings. The van der Waals surface area contributed by atoms with Crippen LogP contribution < -0.4 is 10.2 Å². The highest BCUT2D eigenvalue weighted by molar-refractivity contribution is 6.01. The van der Waals surface area contributed by atoms with Gasteiger partial charge in [0.05, 0.1) is 12.1 Å². The molecule has 1 aromatic carbocycles. The molecule has 202 valence electrons. The Morgan fingerprint density at radius 2 is 1.76 bits per heavy atom. The van der Waals surface area contributed by atoms with Crippen molar-refractivity contribution < 1.29 is 19.1 Å². The number of amides is 2. The molecule has 2 saturated carbocycles. The zero-order valence-electron chi connectivity index (χ0n) is 21.6. The molecule has 38 heavy (non-hydrogen) atoms. The maximum atomic E-state index is 14.0. The first-order chi connectivity index (χ1) is 18.5. The molecule has 3 aliphatic heterocycles. The quantitative estimate of drug-likeness (QED) is 0.347. The number of likely N-dealkylation sites (tertiary alicyclic amines) is 1. The Bertz CT molecular complexity index is 1130. The van der Waals surface area contributed by atoms with Crippen LogP contribution >= 0.6 is 0 Å². The summed E-state index contributed by atoms with van der Waals surface area (Å²) >= 11 is 0. The number of carbonyl (C=O) groups excluding carboxylic acids is 3. The molecule has 5 fully saturated rings. The Labute approximate surface area is 222 Å². The molecule has 3 heterocycles. The minimum atomic E-state index is -1.09. The number of hydrogen-bond acceptors (Lipinski definition) is 7. The number of fused-ring (bicyclic) bond motifs is 1. The lowest BCUT2D eigenvalue weighted by atomic mass is 9.80. The third-order valence-electron chi connectivity index (χ3n) is 8.96. The molecule has 3 saturated heterocycles. The fourth-order valence-electron chi connectivity index (χ4n) is 6.73. The van der Waals surface area contributed by atoms with Gasteiger partial charge in [0, 0.05) is 54.9 Å². The highest BCUT2D eigenvalue weighted by atomic mass is 16.5. The fourth-order valence-corrected chi connectivity index (χ4v) is 6.73. The summed E-state index contributed by atoms with van der Waals surface area (Å²) in [5.41, 5.74) is 9.49. The van der Waals surface area contributed by atoms with E-state index in [2.05, 4.69) is 25.1 Å².